The van der Waals surface area contributed by atoms with E-state index < -0.39 is 10.0 Å². The molecule has 0 fully saturated rings. The minimum absolute atomic E-state index is 0.0610. The maximum absolute atomic E-state index is 12.8. The van der Waals surface area contributed by atoms with E-state index in [2.05, 4.69) is 9.82 Å². The average molecular weight is 400 g/mol. The summed E-state index contributed by atoms with van der Waals surface area (Å²) in [5, 5.41) is 6.16. The summed E-state index contributed by atoms with van der Waals surface area (Å²) in [6.45, 7) is 5.72. The van der Waals surface area contributed by atoms with Crippen molar-refractivity contribution < 1.29 is 13.2 Å². The number of benzene rings is 2. The van der Waals surface area contributed by atoms with E-state index in [4.69, 9.17) is 0 Å². The lowest BCUT2D eigenvalue weighted by atomic mass is 9.96. The Labute approximate surface area is 166 Å². The van der Waals surface area contributed by atoms with Gasteiger partial charge in [-0.2, -0.15) is 5.10 Å². The highest BCUT2D eigenvalue weighted by molar-refractivity contribution is 7.92. The second-order valence-corrected chi connectivity index (χ2v) is 9.18. The summed E-state index contributed by atoms with van der Waals surface area (Å²) in [6, 6.07) is 15.0. The van der Waals surface area contributed by atoms with Crippen LogP contribution in [0.4, 0.5) is 5.69 Å². The second-order valence-electron chi connectivity index (χ2n) is 7.43. The van der Waals surface area contributed by atoms with E-state index in [-0.39, 0.29) is 17.9 Å². The number of carbonyl (C=O) groups is 1. The van der Waals surface area contributed by atoms with Crippen molar-refractivity contribution in [2.75, 3.05) is 11.0 Å². The standard InChI is InChI=1S/C21H25N3O3S/c1-14(2)21(25)24-20(16-11-9-15(3)10-12-16)13-19(22-24)17-7-5-6-8-18(17)23-28(4,26)27/h5-12,14,20,23H,13H2,1-4H3/t20-/m0/s1. The fourth-order valence-electron chi connectivity index (χ4n) is 3.21. The topological polar surface area (TPSA) is 78.8 Å². The third-order valence-corrected chi connectivity index (χ3v) is 5.22. The number of carbonyl (C=O) groups excluding carboxylic acids is 1. The van der Waals surface area contributed by atoms with E-state index in [1.807, 2.05) is 57.2 Å². The molecule has 0 unspecified atom stereocenters. The molecular formula is C21H25N3O3S. The van der Waals surface area contributed by atoms with Gasteiger partial charge in [-0.25, -0.2) is 13.4 Å². The maximum atomic E-state index is 12.8. The van der Waals surface area contributed by atoms with Gasteiger partial charge in [0.1, 0.15) is 0 Å². The molecule has 1 amide bonds. The largest absolute Gasteiger partial charge is 0.283 e. The Kier molecular flexibility index (Phi) is 5.56. The smallest absolute Gasteiger partial charge is 0.245 e. The number of nitrogens with one attached hydrogen (secondary N) is 1. The first-order valence-corrected chi connectivity index (χ1v) is 11.1. The van der Waals surface area contributed by atoms with Crippen LogP contribution in [0.5, 0.6) is 0 Å². The summed E-state index contributed by atoms with van der Waals surface area (Å²) in [5.41, 5.74) is 3.99. The molecule has 0 aliphatic carbocycles. The number of amides is 1. The van der Waals surface area contributed by atoms with Gasteiger partial charge in [0.05, 0.1) is 23.7 Å². The molecule has 0 saturated heterocycles. The minimum atomic E-state index is -3.43. The van der Waals surface area contributed by atoms with Crippen molar-refractivity contribution in [3.8, 4) is 0 Å². The van der Waals surface area contributed by atoms with Gasteiger partial charge in [-0.3, -0.25) is 9.52 Å². The van der Waals surface area contributed by atoms with Gasteiger partial charge in [-0.15, -0.1) is 0 Å². The van der Waals surface area contributed by atoms with E-state index >= 15 is 0 Å². The maximum Gasteiger partial charge on any atom is 0.245 e. The van der Waals surface area contributed by atoms with E-state index in [1.165, 1.54) is 0 Å². The average Bonchev–Trinajstić information content (AvgIpc) is 3.05. The molecule has 0 spiro atoms. The van der Waals surface area contributed by atoms with Crippen LogP contribution >= 0.6 is 0 Å². The van der Waals surface area contributed by atoms with Crippen molar-refractivity contribution >= 4 is 27.3 Å². The van der Waals surface area contributed by atoms with Crippen LogP contribution in [0.25, 0.3) is 0 Å². The number of para-hydroxylation sites is 1. The highest BCUT2D eigenvalue weighted by Gasteiger charge is 2.34. The summed E-state index contributed by atoms with van der Waals surface area (Å²) in [6.07, 6.45) is 1.63. The summed E-state index contributed by atoms with van der Waals surface area (Å²) in [4.78, 5) is 12.8. The molecule has 28 heavy (non-hydrogen) atoms. The van der Waals surface area contributed by atoms with Gasteiger partial charge in [-0.05, 0) is 18.6 Å². The molecule has 1 aliphatic rings. The fourth-order valence-corrected chi connectivity index (χ4v) is 3.79. The Hall–Kier alpha value is -2.67. The predicted octanol–water partition coefficient (Wildman–Crippen LogP) is 3.70. The zero-order valence-electron chi connectivity index (χ0n) is 16.5. The van der Waals surface area contributed by atoms with Crippen LogP contribution in [0.1, 0.15) is 43.0 Å². The monoisotopic (exact) mass is 399 g/mol. The van der Waals surface area contributed by atoms with E-state index in [9.17, 15) is 13.2 Å². The zero-order chi connectivity index (χ0) is 20.5. The first kappa shape index (κ1) is 20.1. The highest BCUT2D eigenvalue weighted by Crippen LogP contribution is 2.35. The molecule has 7 heteroatoms. The summed E-state index contributed by atoms with van der Waals surface area (Å²) < 4.78 is 26.0. The van der Waals surface area contributed by atoms with Crippen LogP contribution in [0.3, 0.4) is 0 Å². The highest BCUT2D eigenvalue weighted by atomic mass is 32.2. The van der Waals surface area contributed by atoms with E-state index in [0.717, 1.165) is 17.4 Å². The Bertz CT molecular complexity index is 1010. The Balaban J connectivity index is 2.02. The molecule has 3 rings (SSSR count). The predicted molar refractivity (Wildman–Crippen MR) is 112 cm³/mol. The number of nitrogens with zero attached hydrogens (tertiary/aromatic N) is 2. The second kappa shape index (κ2) is 7.75. The van der Waals surface area contributed by atoms with Gasteiger partial charge >= 0.3 is 0 Å². The molecular weight excluding hydrogens is 374 g/mol. The van der Waals surface area contributed by atoms with Crippen molar-refractivity contribution in [3.63, 3.8) is 0 Å². The van der Waals surface area contributed by atoms with Crippen molar-refractivity contribution in [3.05, 3.63) is 65.2 Å². The summed E-state index contributed by atoms with van der Waals surface area (Å²) in [5.74, 6) is -0.255. The SMILES string of the molecule is Cc1ccc([C@@H]2CC(c3ccccc3NS(C)(=O)=O)=NN2C(=O)C(C)C)cc1. The molecule has 0 aromatic heterocycles. The number of rotatable bonds is 5. The molecule has 1 N–H and O–H groups in total. The zero-order valence-corrected chi connectivity index (χ0v) is 17.3. The van der Waals surface area contributed by atoms with Gasteiger partial charge < -0.3 is 0 Å². The lowest BCUT2D eigenvalue weighted by Crippen LogP contribution is -2.30. The molecule has 6 nitrogen and oxygen atoms in total. The first-order valence-electron chi connectivity index (χ1n) is 9.20. The van der Waals surface area contributed by atoms with Gasteiger partial charge in [0, 0.05) is 17.9 Å². The molecule has 2 aromatic rings. The van der Waals surface area contributed by atoms with Gasteiger partial charge in [-0.1, -0.05) is 61.9 Å². The third-order valence-electron chi connectivity index (χ3n) is 4.63. The van der Waals surface area contributed by atoms with Crippen LogP contribution in [0, 0.1) is 12.8 Å². The third kappa shape index (κ3) is 4.42. The number of anilines is 1. The van der Waals surface area contributed by atoms with Crippen LogP contribution in [-0.2, 0) is 14.8 Å². The lowest BCUT2D eigenvalue weighted by molar-refractivity contribution is -0.136. The van der Waals surface area contributed by atoms with Crippen molar-refractivity contribution in [1.29, 1.82) is 0 Å². The Morgan fingerprint density at radius 3 is 2.39 bits per heavy atom. The van der Waals surface area contributed by atoms with Gasteiger partial charge in [0.25, 0.3) is 0 Å². The normalized spacial score (nSPS) is 17.0. The molecule has 1 atom stereocenters. The number of sulfonamides is 1. The number of aryl methyl sites for hydroxylation is 1. The lowest BCUT2D eigenvalue weighted by Gasteiger charge is -2.23. The van der Waals surface area contributed by atoms with Gasteiger partial charge in [0.15, 0.2) is 0 Å². The van der Waals surface area contributed by atoms with Gasteiger partial charge in [0.2, 0.25) is 15.9 Å². The number of hydrogen-bond acceptors (Lipinski definition) is 4. The minimum Gasteiger partial charge on any atom is -0.283 e. The van der Waals surface area contributed by atoms with Crippen molar-refractivity contribution in [2.45, 2.75) is 33.2 Å². The van der Waals surface area contributed by atoms with Crippen LogP contribution < -0.4 is 4.72 Å². The Morgan fingerprint density at radius 1 is 1.14 bits per heavy atom. The first-order chi connectivity index (χ1) is 13.2. The molecule has 0 saturated carbocycles. The van der Waals surface area contributed by atoms with E-state index in [0.29, 0.717) is 23.4 Å². The van der Waals surface area contributed by atoms with E-state index in [1.54, 1.807) is 17.1 Å². The summed E-state index contributed by atoms with van der Waals surface area (Å²) in [7, 11) is -3.43. The van der Waals surface area contributed by atoms with Crippen LogP contribution in [0.15, 0.2) is 53.6 Å². The Morgan fingerprint density at radius 2 is 1.79 bits per heavy atom. The molecule has 1 aliphatic heterocycles. The molecule has 1 heterocycles. The number of hydrazone groups is 1. The molecule has 0 bridgehead atoms. The molecule has 0 radical (unpaired) electrons. The van der Waals surface area contributed by atoms with Crippen LogP contribution in [-0.4, -0.2) is 31.3 Å². The quantitative estimate of drug-likeness (QED) is 0.833. The summed E-state index contributed by atoms with van der Waals surface area (Å²) >= 11 is 0. The molecule has 148 valence electrons. The fraction of sp³-hybridized carbons (Fsp3) is 0.333. The molecule has 2 aromatic carbocycles. The van der Waals surface area contributed by atoms with Crippen molar-refractivity contribution in [2.24, 2.45) is 11.0 Å². The number of hydrogen-bond donors (Lipinski definition) is 1. The van der Waals surface area contributed by atoms with Crippen LogP contribution in [0.2, 0.25) is 0 Å². The van der Waals surface area contributed by atoms with Crippen molar-refractivity contribution in [1.82, 2.24) is 5.01 Å².